The maximum absolute atomic E-state index is 5.88. The van der Waals surface area contributed by atoms with Crippen molar-refractivity contribution >= 4 is 29.9 Å². The smallest absolute Gasteiger partial charge is 0.189 e. The molecule has 0 saturated carbocycles. The maximum atomic E-state index is 5.88. The predicted molar refractivity (Wildman–Crippen MR) is 106 cm³/mol. The summed E-state index contributed by atoms with van der Waals surface area (Å²) in [6, 6.07) is 10.3. The van der Waals surface area contributed by atoms with E-state index in [-0.39, 0.29) is 24.0 Å². The minimum absolute atomic E-state index is 0. The average Bonchev–Trinajstić information content (AvgIpc) is 2.93. The largest absolute Gasteiger partial charge is 0.370 e. The number of nitrogens with one attached hydrogen (secondary N) is 1. The number of aromatic nitrogens is 2. The standard InChI is InChI=1S/C17H25N5.HI/c1-14(2)8-9-20-17(18)21-12-16-19-10-11-22(16)13-15-6-4-3-5-7-15;/h3-7,10-11,14H,8-9,12-13H2,1-2H3,(H3,18,20,21);1H. The first-order chi connectivity index (χ1) is 10.6. The minimum atomic E-state index is 0. The van der Waals surface area contributed by atoms with Gasteiger partial charge < -0.3 is 15.6 Å². The Morgan fingerprint density at radius 1 is 1.30 bits per heavy atom. The van der Waals surface area contributed by atoms with E-state index in [4.69, 9.17) is 5.73 Å². The molecule has 0 atom stereocenters. The second-order valence-electron chi connectivity index (χ2n) is 5.77. The van der Waals surface area contributed by atoms with Crippen molar-refractivity contribution in [1.29, 1.82) is 0 Å². The van der Waals surface area contributed by atoms with Crippen LogP contribution in [0.5, 0.6) is 0 Å². The molecule has 0 unspecified atom stereocenters. The van der Waals surface area contributed by atoms with Crippen molar-refractivity contribution in [2.45, 2.75) is 33.4 Å². The van der Waals surface area contributed by atoms with Gasteiger partial charge in [-0.05, 0) is 17.9 Å². The molecule has 1 heterocycles. The summed E-state index contributed by atoms with van der Waals surface area (Å²) >= 11 is 0. The molecule has 3 N–H and O–H groups in total. The van der Waals surface area contributed by atoms with Gasteiger partial charge in [-0.15, -0.1) is 24.0 Å². The molecule has 0 radical (unpaired) electrons. The summed E-state index contributed by atoms with van der Waals surface area (Å²) in [5.41, 5.74) is 7.13. The highest BCUT2D eigenvalue weighted by atomic mass is 127. The molecule has 0 saturated heterocycles. The molecular formula is C17H26IN5. The van der Waals surface area contributed by atoms with Crippen molar-refractivity contribution in [1.82, 2.24) is 14.9 Å². The first-order valence-electron chi connectivity index (χ1n) is 7.73. The average molecular weight is 427 g/mol. The van der Waals surface area contributed by atoms with Crippen LogP contribution in [0.2, 0.25) is 0 Å². The molecule has 0 spiro atoms. The van der Waals surface area contributed by atoms with Crippen LogP contribution in [-0.4, -0.2) is 22.1 Å². The van der Waals surface area contributed by atoms with E-state index in [1.165, 1.54) is 5.56 Å². The topological polar surface area (TPSA) is 68.2 Å². The molecule has 0 aliphatic carbocycles. The van der Waals surface area contributed by atoms with Gasteiger partial charge in [0.25, 0.3) is 0 Å². The Labute approximate surface area is 155 Å². The van der Waals surface area contributed by atoms with Gasteiger partial charge in [0.15, 0.2) is 5.96 Å². The fraction of sp³-hybridized carbons (Fsp3) is 0.412. The van der Waals surface area contributed by atoms with Crippen LogP contribution in [0.15, 0.2) is 47.7 Å². The van der Waals surface area contributed by atoms with E-state index < -0.39 is 0 Å². The van der Waals surface area contributed by atoms with Gasteiger partial charge in [0.05, 0.1) is 0 Å². The number of nitrogens with zero attached hydrogens (tertiary/aromatic N) is 3. The van der Waals surface area contributed by atoms with Crippen LogP contribution in [-0.2, 0) is 13.1 Å². The van der Waals surface area contributed by atoms with E-state index in [1.807, 2.05) is 24.4 Å². The number of hydrogen-bond acceptors (Lipinski definition) is 2. The first kappa shape index (κ1) is 19.5. The molecule has 1 aromatic carbocycles. The lowest BCUT2D eigenvalue weighted by molar-refractivity contribution is 0.576. The van der Waals surface area contributed by atoms with E-state index in [2.05, 4.69) is 45.8 Å². The summed E-state index contributed by atoms with van der Waals surface area (Å²) in [5.74, 6) is 2.05. The van der Waals surface area contributed by atoms with Gasteiger partial charge in [-0.25, -0.2) is 9.98 Å². The zero-order valence-electron chi connectivity index (χ0n) is 13.8. The van der Waals surface area contributed by atoms with Crippen LogP contribution >= 0.6 is 24.0 Å². The van der Waals surface area contributed by atoms with Gasteiger partial charge in [-0.1, -0.05) is 44.2 Å². The highest BCUT2D eigenvalue weighted by molar-refractivity contribution is 14.0. The number of rotatable bonds is 7. The molecule has 1 aromatic heterocycles. The Bertz CT molecular complexity index is 592. The molecule has 23 heavy (non-hydrogen) atoms. The number of hydrogen-bond donors (Lipinski definition) is 2. The molecule has 6 heteroatoms. The normalized spacial score (nSPS) is 11.3. The third kappa shape index (κ3) is 7.02. The van der Waals surface area contributed by atoms with Gasteiger partial charge in [0.2, 0.25) is 0 Å². The SMILES string of the molecule is CC(C)CCNC(N)=NCc1nccn1Cc1ccccc1.I. The van der Waals surface area contributed by atoms with Crippen LogP contribution in [0.4, 0.5) is 0 Å². The van der Waals surface area contributed by atoms with Gasteiger partial charge in [0, 0.05) is 25.5 Å². The summed E-state index contributed by atoms with van der Waals surface area (Å²) in [6.07, 6.45) is 4.86. The molecule has 0 amide bonds. The Kier molecular flexibility index (Phi) is 8.68. The molecule has 2 rings (SSSR count). The molecule has 0 fully saturated rings. The van der Waals surface area contributed by atoms with Crippen LogP contribution in [0.25, 0.3) is 0 Å². The molecule has 0 bridgehead atoms. The van der Waals surface area contributed by atoms with Crippen molar-refractivity contribution in [3.05, 3.63) is 54.1 Å². The lowest BCUT2D eigenvalue weighted by atomic mass is 10.1. The van der Waals surface area contributed by atoms with E-state index in [0.29, 0.717) is 18.4 Å². The Morgan fingerprint density at radius 3 is 2.74 bits per heavy atom. The molecule has 126 valence electrons. The zero-order chi connectivity index (χ0) is 15.8. The second kappa shape index (κ2) is 10.3. The predicted octanol–water partition coefficient (Wildman–Crippen LogP) is 3.00. The number of benzene rings is 1. The molecular weight excluding hydrogens is 401 g/mol. The molecule has 0 aliphatic heterocycles. The Balaban J connectivity index is 0.00000264. The van der Waals surface area contributed by atoms with Crippen LogP contribution in [0.3, 0.4) is 0 Å². The number of nitrogens with two attached hydrogens (primary N) is 1. The third-order valence-electron chi connectivity index (χ3n) is 3.42. The van der Waals surface area contributed by atoms with E-state index in [0.717, 1.165) is 25.3 Å². The van der Waals surface area contributed by atoms with E-state index in [9.17, 15) is 0 Å². The zero-order valence-corrected chi connectivity index (χ0v) is 16.1. The Hall–Kier alpha value is -1.57. The quantitative estimate of drug-likeness (QED) is 0.406. The van der Waals surface area contributed by atoms with Crippen molar-refractivity contribution in [3.63, 3.8) is 0 Å². The third-order valence-corrected chi connectivity index (χ3v) is 3.42. The number of guanidine groups is 1. The Morgan fingerprint density at radius 2 is 2.04 bits per heavy atom. The van der Waals surface area contributed by atoms with E-state index in [1.54, 1.807) is 6.20 Å². The summed E-state index contributed by atoms with van der Waals surface area (Å²) in [7, 11) is 0. The number of aliphatic imine (C=N–C) groups is 1. The minimum Gasteiger partial charge on any atom is -0.370 e. The number of imidazole rings is 1. The number of halogens is 1. The lowest BCUT2D eigenvalue weighted by Gasteiger charge is -2.09. The fourth-order valence-corrected chi connectivity index (χ4v) is 2.12. The second-order valence-corrected chi connectivity index (χ2v) is 5.77. The van der Waals surface area contributed by atoms with Crippen LogP contribution in [0.1, 0.15) is 31.7 Å². The van der Waals surface area contributed by atoms with Gasteiger partial charge >= 0.3 is 0 Å². The fourth-order valence-electron chi connectivity index (χ4n) is 2.12. The van der Waals surface area contributed by atoms with Crippen molar-refractivity contribution < 1.29 is 0 Å². The van der Waals surface area contributed by atoms with Crippen molar-refractivity contribution in [3.8, 4) is 0 Å². The summed E-state index contributed by atoms with van der Waals surface area (Å²) in [5, 5.41) is 3.14. The lowest BCUT2D eigenvalue weighted by Crippen LogP contribution is -2.33. The van der Waals surface area contributed by atoms with Gasteiger partial charge in [0.1, 0.15) is 12.4 Å². The van der Waals surface area contributed by atoms with Crippen LogP contribution in [0, 0.1) is 5.92 Å². The summed E-state index contributed by atoms with van der Waals surface area (Å²) in [6.45, 7) is 6.52. The van der Waals surface area contributed by atoms with Crippen LogP contribution < -0.4 is 11.1 Å². The van der Waals surface area contributed by atoms with Gasteiger partial charge in [-0.2, -0.15) is 0 Å². The highest BCUT2D eigenvalue weighted by Crippen LogP contribution is 2.06. The molecule has 0 aliphatic rings. The molecule has 2 aromatic rings. The highest BCUT2D eigenvalue weighted by Gasteiger charge is 2.03. The summed E-state index contributed by atoms with van der Waals surface area (Å²) in [4.78, 5) is 8.73. The maximum Gasteiger partial charge on any atom is 0.189 e. The molecule has 5 nitrogen and oxygen atoms in total. The first-order valence-corrected chi connectivity index (χ1v) is 7.73. The van der Waals surface area contributed by atoms with Gasteiger partial charge in [-0.3, -0.25) is 0 Å². The summed E-state index contributed by atoms with van der Waals surface area (Å²) < 4.78 is 2.10. The van der Waals surface area contributed by atoms with Crippen molar-refractivity contribution in [2.24, 2.45) is 16.6 Å². The monoisotopic (exact) mass is 427 g/mol. The van der Waals surface area contributed by atoms with Crippen molar-refractivity contribution in [2.75, 3.05) is 6.54 Å². The van der Waals surface area contributed by atoms with E-state index >= 15 is 0 Å².